The smallest absolute Gasteiger partial charge is 0.269 e. The predicted octanol–water partition coefficient (Wildman–Crippen LogP) is 3.44. The molecule has 0 aliphatic rings. The molecule has 0 spiro atoms. The molecule has 0 N–H and O–H groups in total. The number of non-ortho nitro benzene ring substituents is 1. The van der Waals surface area contributed by atoms with E-state index < -0.39 is 4.92 Å². The number of nitro benzene ring substituents is 1. The first-order valence-corrected chi connectivity index (χ1v) is 6.73. The average molecular weight is 306 g/mol. The van der Waals surface area contributed by atoms with Crippen molar-refractivity contribution in [2.75, 3.05) is 12.5 Å². The molecule has 0 saturated carbocycles. The van der Waals surface area contributed by atoms with Crippen LogP contribution in [-0.4, -0.2) is 23.2 Å². The first-order valence-electron chi connectivity index (χ1n) is 6.20. The van der Waals surface area contributed by atoms with Gasteiger partial charge >= 0.3 is 0 Å². The summed E-state index contributed by atoms with van der Waals surface area (Å²) < 4.78 is 5.32. The van der Waals surface area contributed by atoms with E-state index in [4.69, 9.17) is 16.3 Å². The summed E-state index contributed by atoms with van der Waals surface area (Å²) in [6, 6.07) is 12.2. The molecule has 0 atom stereocenters. The average Bonchev–Trinajstić information content (AvgIpc) is 2.53. The highest BCUT2D eigenvalue weighted by molar-refractivity contribution is 6.18. The van der Waals surface area contributed by atoms with Gasteiger partial charge in [0.25, 0.3) is 5.69 Å². The Morgan fingerprint density at radius 1 is 1.05 bits per heavy atom. The molecular weight excluding hydrogens is 294 g/mol. The third-order valence-corrected chi connectivity index (χ3v) is 2.96. The number of ketones is 1. The van der Waals surface area contributed by atoms with Gasteiger partial charge in [-0.1, -0.05) is 0 Å². The molecule has 0 aliphatic heterocycles. The van der Waals surface area contributed by atoms with Crippen LogP contribution in [0.3, 0.4) is 0 Å². The summed E-state index contributed by atoms with van der Waals surface area (Å²) in [7, 11) is 0. The van der Waals surface area contributed by atoms with Crippen LogP contribution in [0, 0.1) is 10.1 Å². The van der Waals surface area contributed by atoms with Crippen LogP contribution in [0.25, 0.3) is 0 Å². The molecule has 2 aromatic carbocycles. The minimum absolute atomic E-state index is 0.0450. The first-order chi connectivity index (χ1) is 10.1. The Bertz CT molecular complexity index is 638. The summed E-state index contributed by atoms with van der Waals surface area (Å²) in [6.07, 6.45) is 0. The Hall–Kier alpha value is -2.40. The molecule has 21 heavy (non-hydrogen) atoms. The van der Waals surface area contributed by atoms with E-state index in [9.17, 15) is 14.9 Å². The topological polar surface area (TPSA) is 69.4 Å². The lowest BCUT2D eigenvalue weighted by Gasteiger charge is -2.05. The van der Waals surface area contributed by atoms with E-state index in [0.717, 1.165) is 0 Å². The number of nitro groups is 1. The van der Waals surface area contributed by atoms with Crippen molar-refractivity contribution in [3.05, 3.63) is 69.8 Å². The van der Waals surface area contributed by atoms with Gasteiger partial charge in [-0.25, -0.2) is 0 Å². The third kappa shape index (κ3) is 3.79. The van der Waals surface area contributed by atoms with Crippen LogP contribution >= 0.6 is 11.6 Å². The van der Waals surface area contributed by atoms with Crippen LogP contribution in [0.15, 0.2) is 48.5 Å². The van der Waals surface area contributed by atoms with E-state index in [1.54, 1.807) is 24.3 Å². The standard InChI is InChI=1S/C15H12ClNO4/c16-9-10-21-14-7-3-12(4-8-14)15(18)11-1-5-13(6-2-11)17(19)20/h1-8H,9-10H2. The fraction of sp³-hybridized carbons (Fsp3) is 0.133. The second kappa shape index (κ2) is 6.85. The van der Waals surface area contributed by atoms with E-state index in [0.29, 0.717) is 29.4 Å². The fourth-order valence-corrected chi connectivity index (χ4v) is 1.84. The SMILES string of the molecule is O=C(c1ccc(OCCCl)cc1)c1ccc([N+](=O)[O-])cc1. The zero-order valence-electron chi connectivity index (χ0n) is 11.0. The van der Waals surface area contributed by atoms with E-state index in [-0.39, 0.29) is 11.5 Å². The van der Waals surface area contributed by atoms with Crippen LogP contribution in [0.1, 0.15) is 15.9 Å². The quantitative estimate of drug-likeness (QED) is 0.355. The number of carbonyl (C=O) groups excluding carboxylic acids is 1. The van der Waals surface area contributed by atoms with Crippen molar-refractivity contribution in [2.24, 2.45) is 0 Å². The van der Waals surface area contributed by atoms with Crippen molar-refractivity contribution in [1.29, 1.82) is 0 Å². The number of halogens is 1. The van der Waals surface area contributed by atoms with Crippen molar-refractivity contribution in [1.82, 2.24) is 0 Å². The first kappa shape index (κ1) is 15.0. The maximum Gasteiger partial charge on any atom is 0.269 e. The molecule has 0 amide bonds. The van der Waals surface area contributed by atoms with Gasteiger partial charge in [-0.2, -0.15) is 0 Å². The van der Waals surface area contributed by atoms with Crippen LogP contribution < -0.4 is 4.74 Å². The fourth-order valence-electron chi connectivity index (χ4n) is 1.76. The summed E-state index contributed by atoms with van der Waals surface area (Å²) in [6.45, 7) is 0.400. The van der Waals surface area contributed by atoms with Gasteiger partial charge < -0.3 is 4.74 Å². The molecular formula is C15H12ClNO4. The number of nitrogens with zero attached hydrogens (tertiary/aromatic N) is 1. The zero-order valence-corrected chi connectivity index (χ0v) is 11.7. The monoisotopic (exact) mass is 305 g/mol. The number of alkyl halides is 1. The van der Waals surface area contributed by atoms with Gasteiger partial charge in [0.2, 0.25) is 0 Å². The Labute approximate surface area is 126 Å². The number of rotatable bonds is 6. The molecule has 108 valence electrons. The second-order valence-electron chi connectivity index (χ2n) is 4.19. The Balaban J connectivity index is 2.13. The number of carbonyl (C=O) groups is 1. The Morgan fingerprint density at radius 2 is 1.57 bits per heavy atom. The van der Waals surface area contributed by atoms with Crippen LogP contribution in [0.5, 0.6) is 5.75 Å². The molecule has 0 bridgehead atoms. The van der Waals surface area contributed by atoms with Crippen LogP contribution in [0.2, 0.25) is 0 Å². The van der Waals surface area contributed by atoms with E-state index in [1.807, 2.05) is 0 Å². The number of ether oxygens (including phenoxy) is 1. The lowest BCUT2D eigenvalue weighted by molar-refractivity contribution is -0.384. The van der Waals surface area contributed by atoms with E-state index in [2.05, 4.69) is 0 Å². The molecule has 0 aromatic heterocycles. The minimum Gasteiger partial charge on any atom is -0.492 e. The normalized spacial score (nSPS) is 10.1. The zero-order chi connectivity index (χ0) is 15.2. The maximum absolute atomic E-state index is 12.2. The summed E-state index contributed by atoms with van der Waals surface area (Å²) in [4.78, 5) is 22.3. The van der Waals surface area contributed by atoms with Crippen molar-refractivity contribution < 1.29 is 14.5 Å². The Kier molecular flexibility index (Phi) is 4.90. The summed E-state index contributed by atoms with van der Waals surface area (Å²) in [5, 5.41) is 10.6. The largest absolute Gasteiger partial charge is 0.492 e. The van der Waals surface area contributed by atoms with Gasteiger partial charge in [0.15, 0.2) is 5.78 Å². The number of hydrogen-bond acceptors (Lipinski definition) is 4. The molecule has 0 radical (unpaired) electrons. The lowest BCUT2D eigenvalue weighted by atomic mass is 10.0. The van der Waals surface area contributed by atoms with E-state index >= 15 is 0 Å². The number of benzene rings is 2. The van der Waals surface area contributed by atoms with Crippen LogP contribution in [-0.2, 0) is 0 Å². The van der Waals surface area contributed by atoms with Crippen molar-refractivity contribution in [2.45, 2.75) is 0 Å². The number of hydrogen-bond donors (Lipinski definition) is 0. The molecule has 5 nitrogen and oxygen atoms in total. The summed E-state index contributed by atoms with van der Waals surface area (Å²) in [5.41, 5.74) is 0.841. The molecule has 0 heterocycles. The molecule has 0 fully saturated rings. The van der Waals surface area contributed by atoms with Crippen molar-refractivity contribution in [3.63, 3.8) is 0 Å². The van der Waals surface area contributed by atoms with Gasteiger partial charge in [0.05, 0.1) is 10.8 Å². The highest BCUT2D eigenvalue weighted by Gasteiger charge is 2.11. The third-order valence-electron chi connectivity index (χ3n) is 2.80. The molecule has 2 aromatic rings. The second-order valence-corrected chi connectivity index (χ2v) is 4.57. The lowest BCUT2D eigenvalue weighted by Crippen LogP contribution is -2.02. The van der Waals surface area contributed by atoms with Crippen LogP contribution in [0.4, 0.5) is 5.69 Å². The minimum atomic E-state index is -0.503. The molecule has 0 saturated heterocycles. The van der Waals surface area contributed by atoms with Gasteiger partial charge in [0, 0.05) is 23.3 Å². The highest BCUT2D eigenvalue weighted by atomic mass is 35.5. The van der Waals surface area contributed by atoms with Gasteiger partial charge in [-0.05, 0) is 36.4 Å². The van der Waals surface area contributed by atoms with Crippen molar-refractivity contribution in [3.8, 4) is 5.75 Å². The van der Waals surface area contributed by atoms with Gasteiger partial charge in [-0.15, -0.1) is 11.6 Å². The summed E-state index contributed by atoms with van der Waals surface area (Å²) >= 11 is 5.52. The van der Waals surface area contributed by atoms with Gasteiger partial charge in [0.1, 0.15) is 12.4 Å². The summed E-state index contributed by atoms with van der Waals surface area (Å²) in [5.74, 6) is 0.827. The molecule has 0 unspecified atom stereocenters. The van der Waals surface area contributed by atoms with Gasteiger partial charge in [-0.3, -0.25) is 14.9 Å². The Morgan fingerprint density at radius 3 is 2.05 bits per heavy atom. The van der Waals surface area contributed by atoms with Crippen molar-refractivity contribution >= 4 is 23.1 Å². The molecule has 2 rings (SSSR count). The molecule has 6 heteroatoms. The molecule has 0 aliphatic carbocycles. The van der Waals surface area contributed by atoms with E-state index in [1.165, 1.54) is 24.3 Å². The maximum atomic E-state index is 12.2. The predicted molar refractivity (Wildman–Crippen MR) is 79.2 cm³/mol. The highest BCUT2D eigenvalue weighted by Crippen LogP contribution is 2.18.